The fourth-order valence-electron chi connectivity index (χ4n) is 2.04. The van der Waals surface area contributed by atoms with Gasteiger partial charge >= 0.3 is 0 Å². The first kappa shape index (κ1) is 16.0. The van der Waals surface area contributed by atoms with Crippen LogP contribution in [0.15, 0.2) is 48.5 Å². The van der Waals surface area contributed by atoms with Gasteiger partial charge in [-0.3, -0.25) is 14.9 Å². The van der Waals surface area contributed by atoms with Crippen LogP contribution >= 0.6 is 11.6 Å². The number of carbonyl (C=O) groups is 1. The number of benzene rings is 2. The Labute approximate surface area is 133 Å². The van der Waals surface area contributed by atoms with Crippen LogP contribution in [0, 0.1) is 10.1 Å². The Morgan fingerprint density at radius 2 is 1.82 bits per heavy atom. The number of non-ortho nitro benzene ring substituents is 1. The van der Waals surface area contributed by atoms with Crippen molar-refractivity contribution in [2.45, 2.75) is 19.4 Å². The third-order valence-corrected chi connectivity index (χ3v) is 3.55. The summed E-state index contributed by atoms with van der Waals surface area (Å²) in [5.74, 6) is -0.306. The highest BCUT2D eigenvalue weighted by Crippen LogP contribution is 2.23. The lowest BCUT2D eigenvalue weighted by atomic mass is 9.94. The summed E-state index contributed by atoms with van der Waals surface area (Å²) in [7, 11) is 0. The molecule has 5 nitrogen and oxygen atoms in total. The SMILES string of the molecule is CC(C)(NC(=O)c1ccc([N+](=O)[O-])cc1)c1cccc(Cl)c1. The monoisotopic (exact) mass is 318 g/mol. The average Bonchev–Trinajstić information content (AvgIpc) is 2.47. The zero-order chi connectivity index (χ0) is 16.3. The van der Waals surface area contributed by atoms with Crippen LogP contribution in [0.4, 0.5) is 5.69 Å². The molecule has 0 saturated heterocycles. The smallest absolute Gasteiger partial charge is 0.269 e. The number of nitrogens with zero attached hydrogens (tertiary/aromatic N) is 1. The molecule has 2 aromatic carbocycles. The van der Waals surface area contributed by atoms with E-state index in [2.05, 4.69) is 5.32 Å². The van der Waals surface area contributed by atoms with Crippen molar-refractivity contribution >= 4 is 23.2 Å². The lowest BCUT2D eigenvalue weighted by Crippen LogP contribution is -2.40. The highest BCUT2D eigenvalue weighted by atomic mass is 35.5. The van der Waals surface area contributed by atoms with Crippen LogP contribution < -0.4 is 5.32 Å². The fraction of sp³-hybridized carbons (Fsp3) is 0.188. The Morgan fingerprint density at radius 3 is 2.36 bits per heavy atom. The number of rotatable bonds is 4. The number of hydrogen-bond donors (Lipinski definition) is 1. The molecule has 0 atom stereocenters. The van der Waals surface area contributed by atoms with Gasteiger partial charge in [0.15, 0.2) is 0 Å². The van der Waals surface area contributed by atoms with Gasteiger partial charge in [-0.2, -0.15) is 0 Å². The molecule has 22 heavy (non-hydrogen) atoms. The quantitative estimate of drug-likeness (QED) is 0.686. The van der Waals surface area contributed by atoms with Gasteiger partial charge in [0.2, 0.25) is 0 Å². The third kappa shape index (κ3) is 3.62. The predicted molar refractivity (Wildman–Crippen MR) is 85.0 cm³/mol. The molecule has 1 N–H and O–H groups in total. The number of nitro groups is 1. The van der Waals surface area contributed by atoms with Crippen LogP contribution in [-0.2, 0) is 5.54 Å². The Balaban J connectivity index is 2.18. The highest BCUT2D eigenvalue weighted by Gasteiger charge is 2.24. The highest BCUT2D eigenvalue weighted by molar-refractivity contribution is 6.30. The topological polar surface area (TPSA) is 72.2 Å². The Hall–Kier alpha value is -2.40. The molecular formula is C16H15ClN2O3. The van der Waals surface area contributed by atoms with E-state index >= 15 is 0 Å². The van der Waals surface area contributed by atoms with Crippen LogP contribution in [-0.4, -0.2) is 10.8 Å². The maximum Gasteiger partial charge on any atom is 0.269 e. The number of halogens is 1. The van der Waals surface area contributed by atoms with E-state index in [0.717, 1.165) is 5.56 Å². The zero-order valence-electron chi connectivity index (χ0n) is 12.2. The van der Waals surface area contributed by atoms with E-state index < -0.39 is 10.5 Å². The number of carbonyl (C=O) groups excluding carboxylic acids is 1. The maximum absolute atomic E-state index is 12.3. The number of nitro benzene ring substituents is 1. The first-order valence-corrected chi connectivity index (χ1v) is 7.00. The molecule has 0 heterocycles. The molecule has 0 saturated carbocycles. The lowest BCUT2D eigenvalue weighted by Gasteiger charge is -2.27. The molecule has 0 aromatic heterocycles. The van der Waals surface area contributed by atoms with Gasteiger partial charge in [0.25, 0.3) is 11.6 Å². The summed E-state index contributed by atoms with van der Waals surface area (Å²) < 4.78 is 0. The van der Waals surface area contributed by atoms with Crippen molar-refractivity contribution in [3.05, 3.63) is 74.8 Å². The van der Waals surface area contributed by atoms with E-state index in [1.165, 1.54) is 24.3 Å². The summed E-state index contributed by atoms with van der Waals surface area (Å²) in [5, 5.41) is 14.1. The normalized spacial score (nSPS) is 11.0. The van der Waals surface area contributed by atoms with Gasteiger partial charge < -0.3 is 5.32 Å². The first-order chi connectivity index (χ1) is 10.3. The maximum atomic E-state index is 12.3. The zero-order valence-corrected chi connectivity index (χ0v) is 12.9. The van der Waals surface area contributed by atoms with Crippen molar-refractivity contribution < 1.29 is 9.72 Å². The second-order valence-electron chi connectivity index (χ2n) is 5.39. The fourth-order valence-corrected chi connectivity index (χ4v) is 2.23. The Kier molecular flexibility index (Phi) is 4.47. The third-order valence-electron chi connectivity index (χ3n) is 3.31. The molecule has 0 fully saturated rings. The minimum Gasteiger partial charge on any atom is -0.343 e. The Morgan fingerprint density at radius 1 is 1.18 bits per heavy atom. The first-order valence-electron chi connectivity index (χ1n) is 6.62. The van der Waals surface area contributed by atoms with Gasteiger partial charge in [-0.25, -0.2) is 0 Å². The van der Waals surface area contributed by atoms with Crippen molar-refractivity contribution in [3.63, 3.8) is 0 Å². The molecule has 1 amide bonds. The van der Waals surface area contributed by atoms with Gasteiger partial charge in [-0.15, -0.1) is 0 Å². The van der Waals surface area contributed by atoms with E-state index in [1.54, 1.807) is 12.1 Å². The molecule has 0 spiro atoms. The van der Waals surface area contributed by atoms with E-state index in [-0.39, 0.29) is 11.6 Å². The van der Waals surface area contributed by atoms with Gasteiger partial charge in [-0.05, 0) is 43.7 Å². The molecule has 0 aliphatic heterocycles. The molecule has 0 bridgehead atoms. The minimum absolute atomic E-state index is 0.0503. The molecule has 0 unspecified atom stereocenters. The summed E-state index contributed by atoms with van der Waals surface area (Å²) in [4.78, 5) is 22.4. The molecule has 0 aliphatic rings. The van der Waals surface area contributed by atoms with Gasteiger partial charge in [0.1, 0.15) is 0 Å². The van der Waals surface area contributed by atoms with Crippen molar-refractivity contribution in [1.29, 1.82) is 0 Å². The second-order valence-corrected chi connectivity index (χ2v) is 5.83. The molecule has 2 aromatic rings. The molecular weight excluding hydrogens is 304 g/mol. The lowest BCUT2D eigenvalue weighted by molar-refractivity contribution is -0.384. The molecule has 0 aliphatic carbocycles. The molecule has 6 heteroatoms. The Bertz CT molecular complexity index is 712. The molecule has 2 rings (SSSR count). The summed E-state index contributed by atoms with van der Waals surface area (Å²) in [6.07, 6.45) is 0. The van der Waals surface area contributed by atoms with Crippen molar-refractivity contribution in [2.75, 3.05) is 0 Å². The van der Waals surface area contributed by atoms with Gasteiger partial charge in [-0.1, -0.05) is 23.7 Å². The molecule has 114 valence electrons. The summed E-state index contributed by atoms with van der Waals surface area (Å²) in [6, 6.07) is 12.7. The van der Waals surface area contributed by atoms with Crippen molar-refractivity contribution in [1.82, 2.24) is 5.32 Å². The number of nitrogens with one attached hydrogen (secondary N) is 1. The van der Waals surface area contributed by atoms with Crippen molar-refractivity contribution in [2.24, 2.45) is 0 Å². The number of hydrogen-bond acceptors (Lipinski definition) is 3. The van der Waals surface area contributed by atoms with Crippen LogP contribution in [0.1, 0.15) is 29.8 Å². The van der Waals surface area contributed by atoms with E-state index in [0.29, 0.717) is 10.6 Å². The molecule has 0 radical (unpaired) electrons. The van der Waals surface area contributed by atoms with Crippen LogP contribution in [0.2, 0.25) is 5.02 Å². The summed E-state index contributed by atoms with van der Waals surface area (Å²) >= 11 is 5.97. The summed E-state index contributed by atoms with van der Waals surface area (Å²) in [6.45, 7) is 3.73. The number of amides is 1. The van der Waals surface area contributed by atoms with Crippen molar-refractivity contribution in [3.8, 4) is 0 Å². The standard InChI is InChI=1S/C16H15ClN2O3/c1-16(2,12-4-3-5-13(17)10-12)18-15(20)11-6-8-14(9-7-11)19(21)22/h3-10H,1-2H3,(H,18,20). The minimum atomic E-state index is -0.621. The van der Waals surface area contributed by atoms with Crippen LogP contribution in [0.25, 0.3) is 0 Å². The summed E-state index contributed by atoms with van der Waals surface area (Å²) in [5.41, 5.74) is 0.561. The van der Waals surface area contributed by atoms with Crippen LogP contribution in [0.3, 0.4) is 0 Å². The van der Waals surface area contributed by atoms with E-state index in [1.807, 2.05) is 26.0 Å². The largest absolute Gasteiger partial charge is 0.343 e. The van der Waals surface area contributed by atoms with Gasteiger partial charge in [0.05, 0.1) is 10.5 Å². The van der Waals surface area contributed by atoms with Crippen LogP contribution in [0.5, 0.6) is 0 Å². The van der Waals surface area contributed by atoms with Gasteiger partial charge in [0, 0.05) is 22.7 Å². The van der Waals surface area contributed by atoms with E-state index in [9.17, 15) is 14.9 Å². The van der Waals surface area contributed by atoms with E-state index in [4.69, 9.17) is 11.6 Å². The second kappa shape index (κ2) is 6.15. The predicted octanol–water partition coefficient (Wildman–Crippen LogP) is 3.91. The average molecular weight is 319 g/mol.